The Morgan fingerprint density at radius 1 is 1.10 bits per heavy atom. The highest BCUT2D eigenvalue weighted by molar-refractivity contribution is 7.80. The normalized spacial score (nSPS) is 9.80. The Bertz CT molecular complexity index is 597. The highest BCUT2D eigenvalue weighted by Gasteiger charge is 2.04. The summed E-state index contributed by atoms with van der Waals surface area (Å²) in [6.45, 7) is -0.0406. The predicted octanol–water partition coefficient (Wildman–Crippen LogP) is 2.34. The molecule has 0 atom stereocenters. The SMILES string of the molecule is NC(=S)c1ccc(NC(=O)COc2ccccc2)cc1. The van der Waals surface area contributed by atoms with Gasteiger partial charge in [-0.1, -0.05) is 30.4 Å². The molecule has 0 saturated carbocycles. The van der Waals surface area contributed by atoms with Crippen LogP contribution < -0.4 is 15.8 Å². The molecular formula is C15H14N2O2S. The fourth-order valence-corrected chi connectivity index (χ4v) is 1.72. The number of benzene rings is 2. The van der Waals surface area contributed by atoms with Crippen molar-refractivity contribution in [3.8, 4) is 5.75 Å². The summed E-state index contributed by atoms with van der Waals surface area (Å²) in [6, 6.07) is 16.2. The lowest BCUT2D eigenvalue weighted by atomic mass is 10.2. The molecule has 0 heterocycles. The van der Waals surface area contributed by atoms with Gasteiger partial charge in [0.15, 0.2) is 6.61 Å². The zero-order valence-corrected chi connectivity index (χ0v) is 11.5. The van der Waals surface area contributed by atoms with E-state index in [9.17, 15) is 4.79 Å². The van der Waals surface area contributed by atoms with E-state index >= 15 is 0 Å². The van der Waals surface area contributed by atoms with E-state index in [-0.39, 0.29) is 12.5 Å². The molecule has 4 nitrogen and oxygen atoms in total. The third-order valence-electron chi connectivity index (χ3n) is 2.57. The van der Waals surface area contributed by atoms with Crippen LogP contribution >= 0.6 is 12.2 Å². The van der Waals surface area contributed by atoms with E-state index in [1.165, 1.54) is 0 Å². The van der Waals surface area contributed by atoms with Gasteiger partial charge in [-0.05, 0) is 36.4 Å². The van der Waals surface area contributed by atoms with E-state index < -0.39 is 0 Å². The van der Waals surface area contributed by atoms with E-state index in [0.717, 1.165) is 5.56 Å². The summed E-state index contributed by atoms with van der Waals surface area (Å²) in [5.41, 5.74) is 6.94. The van der Waals surface area contributed by atoms with Gasteiger partial charge in [-0.2, -0.15) is 0 Å². The number of ether oxygens (including phenoxy) is 1. The molecule has 0 aliphatic rings. The molecule has 0 radical (unpaired) electrons. The van der Waals surface area contributed by atoms with Crippen LogP contribution in [0.2, 0.25) is 0 Å². The van der Waals surface area contributed by atoms with Gasteiger partial charge < -0.3 is 15.8 Å². The minimum absolute atomic E-state index is 0.0406. The fraction of sp³-hybridized carbons (Fsp3) is 0.0667. The van der Waals surface area contributed by atoms with Crippen LogP contribution in [0.15, 0.2) is 54.6 Å². The molecule has 0 aliphatic heterocycles. The first-order chi connectivity index (χ1) is 9.65. The van der Waals surface area contributed by atoms with Crippen LogP contribution in [0, 0.1) is 0 Å². The first-order valence-electron chi connectivity index (χ1n) is 6.03. The molecule has 0 saturated heterocycles. The largest absolute Gasteiger partial charge is 0.484 e. The molecule has 2 aromatic carbocycles. The van der Waals surface area contributed by atoms with E-state index in [4.69, 9.17) is 22.7 Å². The topological polar surface area (TPSA) is 64.3 Å². The van der Waals surface area contributed by atoms with Gasteiger partial charge in [-0.3, -0.25) is 4.79 Å². The van der Waals surface area contributed by atoms with Gasteiger partial charge in [0, 0.05) is 11.3 Å². The molecule has 5 heteroatoms. The lowest BCUT2D eigenvalue weighted by Gasteiger charge is -2.08. The molecule has 0 aromatic heterocycles. The molecular weight excluding hydrogens is 272 g/mol. The number of hydrogen-bond donors (Lipinski definition) is 2. The van der Waals surface area contributed by atoms with Crippen molar-refractivity contribution in [3.63, 3.8) is 0 Å². The summed E-state index contributed by atoms with van der Waals surface area (Å²) in [4.78, 5) is 12.0. The highest BCUT2D eigenvalue weighted by Crippen LogP contribution is 2.11. The summed E-state index contributed by atoms with van der Waals surface area (Å²) in [5, 5.41) is 2.73. The minimum atomic E-state index is -0.225. The quantitative estimate of drug-likeness (QED) is 0.828. The second-order valence-corrected chi connectivity index (χ2v) is 4.53. The van der Waals surface area contributed by atoms with Crippen molar-refractivity contribution in [1.82, 2.24) is 0 Å². The highest BCUT2D eigenvalue weighted by atomic mass is 32.1. The first-order valence-corrected chi connectivity index (χ1v) is 6.43. The molecule has 1 amide bonds. The van der Waals surface area contributed by atoms with Crippen molar-refractivity contribution >= 4 is 28.8 Å². The molecule has 0 fully saturated rings. The standard InChI is InChI=1S/C15H14N2O2S/c16-15(20)11-6-8-12(9-7-11)17-14(18)10-19-13-4-2-1-3-5-13/h1-9H,10H2,(H2,16,20)(H,17,18). The van der Waals surface area contributed by atoms with Gasteiger partial charge in [-0.25, -0.2) is 0 Å². The maximum atomic E-state index is 11.7. The molecule has 2 aromatic rings. The number of para-hydroxylation sites is 1. The lowest BCUT2D eigenvalue weighted by molar-refractivity contribution is -0.118. The van der Waals surface area contributed by atoms with Crippen LogP contribution in [-0.2, 0) is 4.79 Å². The number of hydrogen-bond acceptors (Lipinski definition) is 3. The number of thiocarbonyl (C=S) groups is 1. The van der Waals surface area contributed by atoms with Crippen LogP contribution in [0.5, 0.6) is 5.75 Å². The second kappa shape index (κ2) is 6.68. The van der Waals surface area contributed by atoms with Gasteiger partial charge in [0.2, 0.25) is 0 Å². The van der Waals surface area contributed by atoms with E-state index in [0.29, 0.717) is 16.4 Å². The first kappa shape index (κ1) is 14.0. The van der Waals surface area contributed by atoms with Crippen molar-refractivity contribution in [3.05, 3.63) is 60.2 Å². The number of amides is 1. The smallest absolute Gasteiger partial charge is 0.262 e. The fourth-order valence-electron chi connectivity index (χ4n) is 1.58. The number of carbonyl (C=O) groups excluding carboxylic acids is 1. The average Bonchev–Trinajstić information content (AvgIpc) is 2.47. The molecule has 3 N–H and O–H groups in total. The third kappa shape index (κ3) is 4.07. The summed E-state index contributed by atoms with van der Waals surface area (Å²) in [5.74, 6) is 0.434. The number of anilines is 1. The molecule has 20 heavy (non-hydrogen) atoms. The summed E-state index contributed by atoms with van der Waals surface area (Å²) in [7, 11) is 0. The summed E-state index contributed by atoms with van der Waals surface area (Å²) >= 11 is 4.86. The van der Waals surface area contributed by atoms with Crippen molar-refractivity contribution in [2.45, 2.75) is 0 Å². The molecule has 102 valence electrons. The van der Waals surface area contributed by atoms with Gasteiger partial charge in [0.05, 0.1) is 0 Å². The maximum absolute atomic E-state index is 11.7. The van der Waals surface area contributed by atoms with Crippen LogP contribution in [-0.4, -0.2) is 17.5 Å². The van der Waals surface area contributed by atoms with Crippen molar-refractivity contribution < 1.29 is 9.53 Å². The van der Waals surface area contributed by atoms with E-state index in [1.807, 2.05) is 18.2 Å². The van der Waals surface area contributed by atoms with E-state index in [2.05, 4.69) is 5.32 Å². The molecule has 0 unspecified atom stereocenters. The average molecular weight is 286 g/mol. The summed E-state index contributed by atoms with van der Waals surface area (Å²) in [6.07, 6.45) is 0. The second-order valence-electron chi connectivity index (χ2n) is 4.09. The molecule has 2 rings (SSSR count). The van der Waals surface area contributed by atoms with Gasteiger partial charge in [0.1, 0.15) is 10.7 Å². The Balaban J connectivity index is 1.86. The molecule has 0 bridgehead atoms. The Morgan fingerprint density at radius 2 is 1.75 bits per heavy atom. The Kier molecular flexibility index (Phi) is 4.68. The van der Waals surface area contributed by atoms with Gasteiger partial charge in [-0.15, -0.1) is 0 Å². The Morgan fingerprint density at radius 3 is 2.35 bits per heavy atom. The number of nitrogens with one attached hydrogen (secondary N) is 1. The number of nitrogens with two attached hydrogens (primary N) is 1. The van der Waals surface area contributed by atoms with Gasteiger partial charge in [0.25, 0.3) is 5.91 Å². The number of rotatable bonds is 5. The van der Waals surface area contributed by atoms with Gasteiger partial charge >= 0.3 is 0 Å². The van der Waals surface area contributed by atoms with Crippen molar-refractivity contribution in [2.75, 3.05) is 11.9 Å². The predicted molar refractivity (Wildman–Crippen MR) is 82.9 cm³/mol. The van der Waals surface area contributed by atoms with Crippen LogP contribution in [0.4, 0.5) is 5.69 Å². The van der Waals surface area contributed by atoms with Crippen LogP contribution in [0.1, 0.15) is 5.56 Å². The van der Waals surface area contributed by atoms with Crippen molar-refractivity contribution in [1.29, 1.82) is 0 Å². The molecule has 0 spiro atoms. The van der Waals surface area contributed by atoms with Crippen molar-refractivity contribution in [2.24, 2.45) is 5.73 Å². The Hall–Kier alpha value is -2.40. The monoisotopic (exact) mass is 286 g/mol. The Labute approximate surface area is 122 Å². The maximum Gasteiger partial charge on any atom is 0.262 e. The minimum Gasteiger partial charge on any atom is -0.484 e. The third-order valence-corrected chi connectivity index (χ3v) is 2.80. The number of carbonyl (C=O) groups is 1. The van der Waals surface area contributed by atoms with Crippen LogP contribution in [0.25, 0.3) is 0 Å². The summed E-state index contributed by atoms with van der Waals surface area (Å²) < 4.78 is 5.35. The zero-order valence-electron chi connectivity index (χ0n) is 10.7. The lowest BCUT2D eigenvalue weighted by Crippen LogP contribution is -2.20. The molecule has 0 aliphatic carbocycles. The van der Waals surface area contributed by atoms with E-state index in [1.54, 1.807) is 36.4 Å². The van der Waals surface area contributed by atoms with Crippen LogP contribution in [0.3, 0.4) is 0 Å². The zero-order chi connectivity index (χ0) is 14.4.